The molecule has 0 fully saturated rings. The summed E-state index contributed by atoms with van der Waals surface area (Å²) in [5.41, 5.74) is 9.34. The molecule has 1 aliphatic carbocycles. The lowest BCUT2D eigenvalue weighted by atomic mass is 10.0. The summed E-state index contributed by atoms with van der Waals surface area (Å²) in [6.07, 6.45) is 0.988. The Labute approximate surface area is 157 Å². The third-order valence-electron chi connectivity index (χ3n) is 5.46. The molecule has 2 nitrogen and oxygen atoms in total. The molecule has 2 heterocycles. The summed E-state index contributed by atoms with van der Waals surface area (Å²) >= 11 is 0. The van der Waals surface area contributed by atoms with Crippen molar-refractivity contribution in [2.24, 2.45) is 0 Å². The van der Waals surface area contributed by atoms with Crippen molar-refractivity contribution >= 4 is 21.8 Å². The van der Waals surface area contributed by atoms with Crippen LogP contribution < -0.4 is 0 Å². The van der Waals surface area contributed by atoms with Crippen molar-refractivity contribution in [3.05, 3.63) is 96.1 Å². The third-order valence-corrected chi connectivity index (χ3v) is 5.46. The fourth-order valence-electron chi connectivity index (χ4n) is 4.11. The summed E-state index contributed by atoms with van der Waals surface area (Å²) in [6.45, 7) is 0. The predicted octanol–water partition coefficient (Wildman–Crippen LogP) is 6.02. The molecule has 0 spiro atoms. The minimum absolute atomic E-state index is 0.916. The maximum Gasteiger partial charge on any atom is 0.0894 e. The van der Waals surface area contributed by atoms with Crippen molar-refractivity contribution in [3.63, 3.8) is 0 Å². The number of pyridine rings is 2. The molecule has 6 rings (SSSR count). The van der Waals surface area contributed by atoms with Gasteiger partial charge in [-0.05, 0) is 59.0 Å². The van der Waals surface area contributed by atoms with E-state index in [9.17, 15) is 0 Å². The molecule has 0 amide bonds. The van der Waals surface area contributed by atoms with Crippen LogP contribution in [0.5, 0.6) is 0 Å². The smallest absolute Gasteiger partial charge is 0.0894 e. The molecule has 5 aromatic rings. The van der Waals surface area contributed by atoms with E-state index in [0.717, 1.165) is 34.2 Å². The summed E-state index contributed by atoms with van der Waals surface area (Å²) in [6, 6.07) is 29.8. The van der Waals surface area contributed by atoms with Gasteiger partial charge in [0.05, 0.1) is 22.4 Å². The molecule has 0 unspecified atom stereocenters. The summed E-state index contributed by atoms with van der Waals surface area (Å²) < 4.78 is 0. The number of hydrogen-bond donors (Lipinski definition) is 0. The van der Waals surface area contributed by atoms with Gasteiger partial charge < -0.3 is 0 Å². The molecule has 0 bridgehead atoms. The average molecular weight is 344 g/mol. The van der Waals surface area contributed by atoms with Crippen LogP contribution in [-0.2, 0) is 6.42 Å². The van der Waals surface area contributed by atoms with E-state index in [1.54, 1.807) is 0 Å². The van der Waals surface area contributed by atoms with E-state index in [1.807, 2.05) is 18.2 Å². The van der Waals surface area contributed by atoms with Gasteiger partial charge in [0.25, 0.3) is 0 Å². The number of benzene rings is 3. The topological polar surface area (TPSA) is 25.8 Å². The molecule has 2 heteroatoms. The molecule has 3 aromatic carbocycles. The lowest BCUT2D eigenvalue weighted by molar-refractivity contribution is 1.26. The first kappa shape index (κ1) is 14.6. The van der Waals surface area contributed by atoms with E-state index in [0.29, 0.717) is 0 Å². The number of hydrogen-bond acceptors (Lipinski definition) is 2. The second kappa shape index (κ2) is 5.49. The average Bonchev–Trinajstić information content (AvgIpc) is 3.08. The van der Waals surface area contributed by atoms with Crippen LogP contribution in [0.3, 0.4) is 0 Å². The molecule has 1 aliphatic rings. The van der Waals surface area contributed by atoms with Gasteiger partial charge in [0.15, 0.2) is 0 Å². The maximum atomic E-state index is 4.93. The molecule has 27 heavy (non-hydrogen) atoms. The van der Waals surface area contributed by atoms with Crippen LogP contribution >= 0.6 is 0 Å². The van der Waals surface area contributed by atoms with Crippen LogP contribution in [0.1, 0.15) is 11.1 Å². The SMILES string of the molecule is c1ccc2c(c1)Cc1cc3nc(-c4ccc5ccccc5n4)ccc3cc1-2. The molecule has 0 N–H and O–H groups in total. The monoisotopic (exact) mass is 344 g/mol. The zero-order chi connectivity index (χ0) is 17.8. The lowest BCUT2D eigenvalue weighted by Crippen LogP contribution is -1.91. The molecule has 0 saturated carbocycles. The van der Waals surface area contributed by atoms with Crippen molar-refractivity contribution in [1.82, 2.24) is 9.97 Å². The maximum absolute atomic E-state index is 4.93. The Kier molecular flexibility index (Phi) is 2.97. The normalized spacial score (nSPS) is 12.3. The molecule has 2 aromatic heterocycles. The van der Waals surface area contributed by atoms with Crippen LogP contribution in [0.2, 0.25) is 0 Å². The summed E-state index contributed by atoms with van der Waals surface area (Å²) in [5, 5.41) is 2.33. The lowest BCUT2D eigenvalue weighted by Gasteiger charge is -2.07. The summed E-state index contributed by atoms with van der Waals surface area (Å²) in [5.74, 6) is 0. The van der Waals surface area contributed by atoms with Gasteiger partial charge in [-0.15, -0.1) is 0 Å². The van der Waals surface area contributed by atoms with Crippen molar-refractivity contribution in [2.75, 3.05) is 0 Å². The highest BCUT2D eigenvalue weighted by Crippen LogP contribution is 2.38. The minimum atomic E-state index is 0.916. The van der Waals surface area contributed by atoms with Crippen molar-refractivity contribution < 1.29 is 0 Å². The van der Waals surface area contributed by atoms with Crippen molar-refractivity contribution in [2.45, 2.75) is 6.42 Å². The van der Waals surface area contributed by atoms with Crippen LogP contribution in [0.4, 0.5) is 0 Å². The fraction of sp³-hybridized carbons (Fsp3) is 0.0400. The molecule has 0 aliphatic heterocycles. The first-order chi connectivity index (χ1) is 13.3. The van der Waals surface area contributed by atoms with Crippen LogP contribution in [-0.4, -0.2) is 9.97 Å². The van der Waals surface area contributed by atoms with Gasteiger partial charge in [0, 0.05) is 10.8 Å². The fourth-order valence-corrected chi connectivity index (χ4v) is 4.11. The Morgan fingerprint density at radius 3 is 2.19 bits per heavy atom. The minimum Gasteiger partial charge on any atom is -0.246 e. The molecule has 0 radical (unpaired) electrons. The number of nitrogens with zero attached hydrogens (tertiary/aromatic N) is 2. The van der Waals surface area contributed by atoms with E-state index in [-0.39, 0.29) is 0 Å². The van der Waals surface area contributed by atoms with Crippen LogP contribution in [0.25, 0.3) is 44.3 Å². The Morgan fingerprint density at radius 1 is 0.519 bits per heavy atom. The molecular formula is C25H16N2. The third kappa shape index (κ3) is 2.27. The highest BCUT2D eigenvalue weighted by molar-refractivity contribution is 5.91. The van der Waals surface area contributed by atoms with Gasteiger partial charge in [0.2, 0.25) is 0 Å². The summed E-state index contributed by atoms with van der Waals surface area (Å²) in [4.78, 5) is 9.72. The van der Waals surface area contributed by atoms with E-state index in [1.165, 1.54) is 27.6 Å². The Bertz CT molecular complexity index is 1350. The number of para-hydroxylation sites is 1. The largest absolute Gasteiger partial charge is 0.246 e. The van der Waals surface area contributed by atoms with Gasteiger partial charge in [-0.25, -0.2) is 9.97 Å². The van der Waals surface area contributed by atoms with Gasteiger partial charge in [0.1, 0.15) is 0 Å². The van der Waals surface area contributed by atoms with Crippen LogP contribution in [0, 0.1) is 0 Å². The second-order valence-electron chi connectivity index (χ2n) is 7.12. The van der Waals surface area contributed by atoms with Crippen molar-refractivity contribution in [3.8, 4) is 22.5 Å². The van der Waals surface area contributed by atoms with E-state index < -0.39 is 0 Å². The van der Waals surface area contributed by atoms with Crippen molar-refractivity contribution in [1.29, 1.82) is 0 Å². The van der Waals surface area contributed by atoms with E-state index in [2.05, 4.69) is 66.7 Å². The summed E-state index contributed by atoms with van der Waals surface area (Å²) in [7, 11) is 0. The number of fused-ring (bicyclic) bond motifs is 5. The molecule has 0 atom stereocenters. The predicted molar refractivity (Wildman–Crippen MR) is 111 cm³/mol. The standard InChI is InChI=1S/C25H16N2/c1-3-7-20-17(6-1)13-19-15-25-18(14-21(19)20)10-12-24(27-25)23-11-9-16-5-2-4-8-22(16)26-23/h1-12,14-15H,13H2. The highest BCUT2D eigenvalue weighted by Gasteiger charge is 2.18. The van der Waals surface area contributed by atoms with Gasteiger partial charge >= 0.3 is 0 Å². The Morgan fingerprint density at radius 2 is 1.26 bits per heavy atom. The molecule has 126 valence electrons. The zero-order valence-corrected chi connectivity index (χ0v) is 14.7. The van der Waals surface area contributed by atoms with Crippen LogP contribution in [0.15, 0.2) is 84.9 Å². The number of rotatable bonds is 1. The van der Waals surface area contributed by atoms with E-state index in [4.69, 9.17) is 9.97 Å². The zero-order valence-electron chi connectivity index (χ0n) is 14.7. The Hall–Kier alpha value is -3.52. The van der Waals surface area contributed by atoms with Gasteiger partial charge in [-0.3, -0.25) is 0 Å². The second-order valence-corrected chi connectivity index (χ2v) is 7.12. The first-order valence-corrected chi connectivity index (χ1v) is 9.23. The quantitative estimate of drug-likeness (QED) is 0.364. The molecular weight excluding hydrogens is 328 g/mol. The highest BCUT2D eigenvalue weighted by atomic mass is 14.8. The first-order valence-electron chi connectivity index (χ1n) is 9.23. The van der Waals surface area contributed by atoms with Gasteiger partial charge in [-0.2, -0.15) is 0 Å². The Balaban J connectivity index is 1.50. The molecule has 0 saturated heterocycles. The van der Waals surface area contributed by atoms with E-state index >= 15 is 0 Å². The van der Waals surface area contributed by atoms with Gasteiger partial charge in [-0.1, -0.05) is 54.6 Å². The number of aromatic nitrogens is 2.